The van der Waals surface area contributed by atoms with Crippen LogP contribution in [0.4, 0.5) is 5.69 Å². The van der Waals surface area contributed by atoms with Crippen molar-refractivity contribution in [1.82, 2.24) is 9.47 Å². The predicted molar refractivity (Wildman–Crippen MR) is 91.5 cm³/mol. The van der Waals surface area contributed by atoms with E-state index in [9.17, 15) is 0 Å². The molecule has 3 rings (SSSR count). The van der Waals surface area contributed by atoms with Crippen molar-refractivity contribution in [2.75, 3.05) is 38.1 Å². The van der Waals surface area contributed by atoms with Crippen LogP contribution in [0.5, 0.6) is 0 Å². The summed E-state index contributed by atoms with van der Waals surface area (Å²) >= 11 is 0. The van der Waals surface area contributed by atoms with Crippen molar-refractivity contribution in [3.63, 3.8) is 0 Å². The molecule has 3 nitrogen and oxygen atoms in total. The average molecular weight is 285 g/mol. The summed E-state index contributed by atoms with van der Waals surface area (Å²) in [6.45, 7) is 11.4. The minimum absolute atomic E-state index is 0.572. The summed E-state index contributed by atoms with van der Waals surface area (Å²) in [7, 11) is 4.40. The Kier molecular flexibility index (Phi) is 3.70. The molecule has 0 N–H and O–H groups in total. The van der Waals surface area contributed by atoms with Gasteiger partial charge in [-0.15, -0.1) is 0 Å². The highest BCUT2D eigenvalue weighted by atomic mass is 15.2. The van der Waals surface area contributed by atoms with Crippen molar-refractivity contribution >= 4 is 16.6 Å². The summed E-state index contributed by atoms with van der Waals surface area (Å²) in [5.74, 6) is 0.572. The molecule has 1 fully saturated rings. The molecule has 0 unspecified atom stereocenters. The van der Waals surface area contributed by atoms with Crippen molar-refractivity contribution in [2.45, 2.75) is 26.7 Å². The van der Waals surface area contributed by atoms with Gasteiger partial charge in [-0.1, -0.05) is 19.9 Å². The van der Waals surface area contributed by atoms with Crippen molar-refractivity contribution in [3.05, 3.63) is 29.5 Å². The highest BCUT2D eigenvalue weighted by Gasteiger charge is 2.18. The number of likely N-dealkylation sites (N-methyl/N-ethyl adjacent to an activating group) is 1. The van der Waals surface area contributed by atoms with Gasteiger partial charge in [0.05, 0.1) is 5.52 Å². The van der Waals surface area contributed by atoms with Crippen molar-refractivity contribution in [1.29, 1.82) is 0 Å². The number of aryl methyl sites for hydroxylation is 1. The topological polar surface area (TPSA) is 11.4 Å². The van der Waals surface area contributed by atoms with Crippen LogP contribution in [-0.4, -0.2) is 42.7 Å². The molecule has 21 heavy (non-hydrogen) atoms. The molecule has 0 atom stereocenters. The Morgan fingerprint density at radius 2 is 1.67 bits per heavy atom. The summed E-state index contributed by atoms with van der Waals surface area (Å²) in [5.41, 5.74) is 5.63. The van der Waals surface area contributed by atoms with Gasteiger partial charge in [0.25, 0.3) is 0 Å². The van der Waals surface area contributed by atoms with E-state index in [1.165, 1.54) is 27.8 Å². The zero-order valence-electron chi connectivity index (χ0n) is 14.0. The molecular weight excluding hydrogens is 258 g/mol. The van der Waals surface area contributed by atoms with E-state index >= 15 is 0 Å². The normalized spacial score (nSPS) is 17.1. The van der Waals surface area contributed by atoms with E-state index in [4.69, 9.17) is 0 Å². The van der Waals surface area contributed by atoms with Crippen LogP contribution in [0.25, 0.3) is 10.9 Å². The van der Waals surface area contributed by atoms with Crippen molar-refractivity contribution in [2.24, 2.45) is 7.05 Å². The second-order valence-electron chi connectivity index (χ2n) is 6.70. The third kappa shape index (κ3) is 2.44. The van der Waals surface area contributed by atoms with E-state index in [-0.39, 0.29) is 0 Å². The van der Waals surface area contributed by atoms with Crippen LogP contribution in [0.1, 0.15) is 31.0 Å². The lowest BCUT2D eigenvalue weighted by Crippen LogP contribution is -2.44. The molecule has 2 heterocycles. The largest absolute Gasteiger partial charge is 0.369 e. The van der Waals surface area contributed by atoms with E-state index in [1.54, 1.807) is 0 Å². The van der Waals surface area contributed by atoms with E-state index in [2.05, 4.69) is 67.4 Å². The molecule has 0 saturated carbocycles. The molecule has 0 aliphatic carbocycles. The second kappa shape index (κ2) is 5.38. The third-order valence-electron chi connectivity index (χ3n) is 4.97. The Bertz CT molecular complexity index is 646. The number of nitrogens with zero attached hydrogens (tertiary/aromatic N) is 3. The Morgan fingerprint density at radius 1 is 1.00 bits per heavy atom. The first-order valence-corrected chi connectivity index (χ1v) is 8.01. The van der Waals surface area contributed by atoms with E-state index in [0.29, 0.717) is 5.92 Å². The standard InChI is InChI=1S/C18H27N3/c1-13(2)18-14(3)20(5)17-12-15(6-7-16(17)18)21-10-8-19(4)9-11-21/h6-7,12-13H,8-11H2,1-5H3. The minimum atomic E-state index is 0.572. The van der Waals surface area contributed by atoms with Crippen LogP contribution in [0.2, 0.25) is 0 Å². The Balaban J connectivity index is 2.03. The molecule has 1 saturated heterocycles. The number of piperazine rings is 1. The number of benzene rings is 1. The second-order valence-corrected chi connectivity index (χ2v) is 6.70. The van der Waals surface area contributed by atoms with Gasteiger partial charge in [0.1, 0.15) is 0 Å². The lowest BCUT2D eigenvalue weighted by molar-refractivity contribution is 0.313. The molecule has 3 heteroatoms. The van der Waals surface area contributed by atoms with Gasteiger partial charge in [0.2, 0.25) is 0 Å². The Labute approximate surface area is 128 Å². The van der Waals surface area contributed by atoms with Gasteiger partial charge in [-0.3, -0.25) is 0 Å². The lowest BCUT2D eigenvalue weighted by atomic mass is 9.99. The highest BCUT2D eigenvalue weighted by Crippen LogP contribution is 2.33. The van der Waals surface area contributed by atoms with E-state index in [0.717, 1.165) is 26.2 Å². The fraction of sp³-hybridized carbons (Fsp3) is 0.556. The minimum Gasteiger partial charge on any atom is -0.369 e. The number of hydrogen-bond acceptors (Lipinski definition) is 2. The first-order valence-electron chi connectivity index (χ1n) is 8.01. The smallest absolute Gasteiger partial charge is 0.0503 e. The fourth-order valence-electron chi connectivity index (χ4n) is 3.57. The van der Waals surface area contributed by atoms with E-state index < -0.39 is 0 Å². The van der Waals surface area contributed by atoms with Gasteiger partial charge < -0.3 is 14.4 Å². The number of fused-ring (bicyclic) bond motifs is 1. The maximum atomic E-state index is 2.51. The molecule has 0 amide bonds. The zero-order valence-corrected chi connectivity index (χ0v) is 14.0. The maximum absolute atomic E-state index is 2.51. The summed E-state index contributed by atoms with van der Waals surface area (Å²) in [6, 6.07) is 7.00. The van der Waals surface area contributed by atoms with Gasteiger partial charge in [-0.25, -0.2) is 0 Å². The monoisotopic (exact) mass is 285 g/mol. The SMILES string of the molecule is Cc1c(C(C)C)c2ccc(N3CCN(C)CC3)cc2n1C. The predicted octanol–water partition coefficient (Wildman–Crippen LogP) is 3.36. The third-order valence-corrected chi connectivity index (χ3v) is 4.97. The summed E-state index contributed by atoms with van der Waals surface area (Å²) < 4.78 is 2.35. The van der Waals surface area contributed by atoms with E-state index in [1.807, 2.05) is 0 Å². The number of rotatable bonds is 2. The molecule has 1 aliphatic rings. The maximum Gasteiger partial charge on any atom is 0.0503 e. The Morgan fingerprint density at radius 3 is 2.29 bits per heavy atom. The quantitative estimate of drug-likeness (QED) is 0.838. The van der Waals surface area contributed by atoms with Crippen LogP contribution in [0, 0.1) is 6.92 Å². The highest BCUT2D eigenvalue weighted by molar-refractivity contribution is 5.89. The van der Waals surface area contributed by atoms with Crippen LogP contribution in [-0.2, 0) is 7.05 Å². The molecule has 0 bridgehead atoms. The first kappa shape index (κ1) is 14.5. The molecule has 1 aliphatic heterocycles. The van der Waals surface area contributed by atoms with Crippen molar-refractivity contribution in [3.8, 4) is 0 Å². The lowest BCUT2D eigenvalue weighted by Gasteiger charge is -2.34. The molecule has 114 valence electrons. The molecule has 2 aromatic rings. The molecule has 1 aromatic carbocycles. The number of anilines is 1. The van der Waals surface area contributed by atoms with Crippen molar-refractivity contribution < 1.29 is 0 Å². The van der Waals surface area contributed by atoms with Gasteiger partial charge in [-0.05, 0) is 37.6 Å². The molecule has 1 aromatic heterocycles. The van der Waals surface area contributed by atoms with Gasteiger partial charge >= 0.3 is 0 Å². The van der Waals surface area contributed by atoms with Gasteiger partial charge in [-0.2, -0.15) is 0 Å². The summed E-state index contributed by atoms with van der Waals surface area (Å²) in [4.78, 5) is 4.91. The molecular formula is C18H27N3. The van der Waals surface area contributed by atoms with Gasteiger partial charge in [0, 0.05) is 50.0 Å². The Hall–Kier alpha value is -1.48. The summed E-state index contributed by atoms with van der Waals surface area (Å²) in [5, 5.41) is 1.42. The molecule has 0 radical (unpaired) electrons. The summed E-state index contributed by atoms with van der Waals surface area (Å²) in [6.07, 6.45) is 0. The van der Waals surface area contributed by atoms with Crippen LogP contribution in [0.3, 0.4) is 0 Å². The number of aromatic nitrogens is 1. The van der Waals surface area contributed by atoms with Crippen LogP contribution < -0.4 is 4.90 Å². The van der Waals surface area contributed by atoms with Crippen LogP contribution in [0.15, 0.2) is 18.2 Å². The average Bonchev–Trinajstić information content (AvgIpc) is 2.71. The fourth-order valence-corrected chi connectivity index (χ4v) is 3.57. The first-order chi connectivity index (χ1) is 9.99. The zero-order chi connectivity index (χ0) is 15.1. The van der Waals surface area contributed by atoms with Crippen LogP contribution >= 0.6 is 0 Å². The number of hydrogen-bond donors (Lipinski definition) is 0. The molecule has 0 spiro atoms. The van der Waals surface area contributed by atoms with Gasteiger partial charge in [0.15, 0.2) is 0 Å².